The summed E-state index contributed by atoms with van der Waals surface area (Å²) in [7, 11) is 1.90. The number of aryl methyl sites for hydroxylation is 1. The first kappa shape index (κ1) is 15.2. The first-order valence-corrected chi connectivity index (χ1v) is 7.56. The average Bonchev–Trinajstić information content (AvgIpc) is 2.88. The molecule has 4 heteroatoms. The number of amides is 1. The van der Waals surface area contributed by atoms with Crippen molar-refractivity contribution < 1.29 is 4.79 Å². The number of unbranched alkanes of at least 4 members (excludes halogenated alkanes) is 2. The molecule has 0 bridgehead atoms. The van der Waals surface area contributed by atoms with Crippen LogP contribution in [0, 0.1) is 0 Å². The summed E-state index contributed by atoms with van der Waals surface area (Å²) in [5.74, 6) is 0.174. The Bertz CT molecular complexity index is 325. The number of thiophene rings is 1. The fraction of sp³-hybridized carbons (Fsp3) is 0.643. The molecule has 0 spiro atoms. The second-order valence-electron chi connectivity index (χ2n) is 4.63. The highest BCUT2D eigenvalue weighted by atomic mass is 32.1. The topological polar surface area (TPSA) is 41.1 Å². The fourth-order valence-electron chi connectivity index (χ4n) is 1.67. The van der Waals surface area contributed by atoms with Gasteiger partial charge in [0.1, 0.15) is 0 Å². The van der Waals surface area contributed by atoms with Gasteiger partial charge in [0.15, 0.2) is 0 Å². The lowest BCUT2D eigenvalue weighted by Gasteiger charge is -2.11. The lowest BCUT2D eigenvalue weighted by atomic mass is 10.1. The minimum Gasteiger partial charge on any atom is -0.355 e. The van der Waals surface area contributed by atoms with Crippen LogP contribution in [0.2, 0.25) is 0 Å². The molecule has 0 fully saturated rings. The van der Waals surface area contributed by atoms with E-state index < -0.39 is 0 Å². The molecule has 1 rings (SSSR count). The molecular formula is C14H24N2OS. The quantitative estimate of drug-likeness (QED) is 0.676. The molecule has 1 amide bonds. The summed E-state index contributed by atoms with van der Waals surface area (Å²) in [6.45, 7) is 2.77. The summed E-state index contributed by atoms with van der Waals surface area (Å²) < 4.78 is 0. The van der Waals surface area contributed by atoms with Crippen molar-refractivity contribution in [3.8, 4) is 0 Å². The number of likely N-dealkylation sites (N-methyl/N-ethyl adjacent to an activating group) is 1. The summed E-state index contributed by atoms with van der Waals surface area (Å²) in [6.07, 6.45) is 5.11. The lowest BCUT2D eigenvalue weighted by Crippen LogP contribution is -2.37. The smallest absolute Gasteiger partial charge is 0.220 e. The fourth-order valence-corrected chi connectivity index (χ4v) is 2.43. The van der Waals surface area contributed by atoms with Crippen LogP contribution in [-0.4, -0.2) is 25.5 Å². The van der Waals surface area contributed by atoms with E-state index in [0.717, 1.165) is 19.3 Å². The SMILES string of the molecule is CNC(C)CNC(=O)CCCCCc1cccs1. The van der Waals surface area contributed by atoms with E-state index in [0.29, 0.717) is 19.0 Å². The second kappa shape index (κ2) is 9.11. The van der Waals surface area contributed by atoms with E-state index in [4.69, 9.17) is 0 Å². The first-order valence-electron chi connectivity index (χ1n) is 6.68. The largest absolute Gasteiger partial charge is 0.355 e. The molecule has 0 radical (unpaired) electrons. The van der Waals surface area contributed by atoms with E-state index in [-0.39, 0.29) is 5.91 Å². The molecule has 0 aliphatic rings. The third-order valence-electron chi connectivity index (χ3n) is 3.01. The Morgan fingerprint density at radius 3 is 2.89 bits per heavy atom. The summed E-state index contributed by atoms with van der Waals surface area (Å²) in [5, 5.41) is 8.15. The monoisotopic (exact) mass is 268 g/mol. The van der Waals surface area contributed by atoms with Gasteiger partial charge in [-0.25, -0.2) is 0 Å². The van der Waals surface area contributed by atoms with Crippen molar-refractivity contribution in [1.82, 2.24) is 10.6 Å². The van der Waals surface area contributed by atoms with E-state index in [9.17, 15) is 4.79 Å². The van der Waals surface area contributed by atoms with Crippen LogP contribution < -0.4 is 10.6 Å². The number of carbonyl (C=O) groups excluding carboxylic acids is 1. The van der Waals surface area contributed by atoms with E-state index in [1.807, 2.05) is 18.4 Å². The Morgan fingerprint density at radius 2 is 2.22 bits per heavy atom. The Hall–Kier alpha value is -0.870. The normalized spacial score (nSPS) is 12.3. The van der Waals surface area contributed by atoms with Crippen molar-refractivity contribution in [2.75, 3.05) is 13.6 Å². The lowest BCUT2D eigenvalue weighted by molar-refractivity contribution is -0.121. The molecule has 0 aliphatic heterocycles. The molecule has 1 aromatic heterocycles. The molecule has 1 unspecified atom stereocenters. The van der Waals surface area contributed by atoms with Gasteiger partial charge in [-0.05, 0) is 44.7 Å². The molecule has 0 aliphatic carbocycles. The highest BCUT2D eigenvalue weighted by Crippen LogP contribution is 2.13. The van der Waals surface area contributed by atoms with E-state index in [1.165, 1.54) is 11.3 Å². The predicted octanol–water partition coefficient (Wildman–Crippen LogP) is 2.58. The molecule has 1 aromatic rings. The van der Waals surface area contributed by atoms with Gasteiger partial charge in [0.2, 0.25) is 5.91 Å². The van der Waals surface area contributed by atoms with E-state index in [2.05, 4.69) is 35.1 Å². The average molecular weight is 268 g/mol. The van der Waals surface area contributed by atoms with Crippen molar-refractivity contribution in [2.45, 2.75) is 45.1 Å². The summed E-state index contributed by atoms with van der Waals surface area (Å²) >= 11 is 1.81. The van der Waals surface area contributed by atoms with Gasteiger partial charge in [-0.15, -0.1) is 11.3 Å². The van der Waals surface area contributed by atoms with E-state index in [1.54, 1.807) is 0 Å². The molecule has 0 saturated heterocycles. The van der Waals surface area contributed by atoms with Crippen LogP contribution >= 0.6 is 11.3 Å². The van der Waals surface area contributed by atoms with Crippen molar-refractivity contribution >= 4 is 17.2 Å². The minimum absolute atomic E-state index is 0.174. The van der Waals surface area contributed by atoms with Crippen LogP contribution in [0.25, 0.3) is 0 Å². The molecule has 0 saturated carbocycles. The minimum atomic E-state index is 0.174. The Morgan fingerprint density at radius 1 is 1.39 bits per heavy atom. The highest BCUT2D eigenvalue weighted by Gasteiger charge is 2.03. The second-order valence-corrected chi connectivity index (χ2v) is 5.67. The number of nitrogens with one attached hydrogen (secondary N) is 2. The van der Waals surface area contributed by atoms with Gasteiger partial charge in [0.05, 0.1) is 0 Å². The molecule has 1 heterocycles. The maximum atomic E-state index is 11.5. The number of carbonyl (C=O) groups is 1. The molecule has 0 aromatic carbocycles. The zero-order valence-corrected chi connectivity index (χ0v) is 12.2. The van der Waals surface area contributed by atoms with Gasteiger partial charge in [-0.1, -0.05) is 12.5 Å². The molecule has 102 valence electrons. The molecule has 18 heavy (non-hydrogen) atoms. The van der Waals surface area contributed by atoms with Crippen LogP contribution in [0.4, 0.5) is 0 Å². The summed E-state index contributed by atoms with van der Waals surface area (Å²) in [5.41, 5.74) is 0. The predicted molar refractivity (Wildman–Crippen MR) is 78.0 cm³/mol. The van der Waals surface area contributed by atoms with Crippen LogP contribution in [0.15, 0.2) is 17.5 Å². The third-order valence-corrected chi connectivity index (χ3v) is 3.94. The van der Waals surface area contributed by atoms with Crippen molar-refractivity contribution in [3.05, 3.63) is 22.4 Å². The summed E-state index contributed by atoms with van der Waals surface area (Å²) in [4.78, 5) is 13.0. The molecular weight excluding hydrogens is 244 g/mol. The highest BCUT2D eigenvalue weighted by molar-refractivity contribution is 7.09. The van der Waals surface area contributed by atoms with Gasteiger partial charge in [0.25, 0.3) is 0 Å². The third kappa shape index (κ3) is 6.77. The van der Waals surface area contributed by atoms with Crippen molar-refractivity contribution in [3.63, 3.8) is 0 Å². The van der Waals surface area contributed by atoms with E-state index >= 15 is 0 Å². The Labute approximate surface area is 114 Å². The van der Waals surface area contributed by atoms with Gasteiger partial charge in [-0.3, -0.25) is 4.79 Å². The standard InChI is InChI=1S/C14H24N2OS/c1-12(15-2)11-16-14(17)9-5-3-4-7-13-8-6-10-18-13/h6,8,10,12,15H,3-5,7,9,11H2,1-2H3,(H,16,17). The zero-order chi connectivity index (χ0) is 13.2. The van der Waals surface area contributed by atoms with Crippen LogP contribution in [0.3, 0.4) is 0 Å². The zero-order valence-electron chi connectivity index (χ0n) is 11.4. The molecule has 1 atom stereocenters. The van der Waals surface area contributed by atoms with Crippen molar-refractivity contribution in [2.24, 2.45) is 0 Å². The maximum absolute atomic E-state index is 11.5. The summed E-state index contributed by atoms with van der Waals surface area (Å²) in [6, 6.07) is 4.61. The number of hydrogen-bond donors (Lipinski definition) is 2. The van der Waals surface area contributed by atoms with Gasteiger partial charge < -0.3 is 10.6 Å². The maximum Gasteiger partial charge on any atom is 0.220 e. The van der Waals surface area contributed by atoms with Crippen LogP contribution in [0.1, 0.15) is 37.5 Å². The Kier molecular flexibility index (Phi) is 7.69. The van der Waals surface area contributed by atoms with Gasteiger partial charge in [-0.2, -0.15) is 0 Å². The van der Waals surface area contributed by atoms with Crippen LogP contribution in [0.5, 0.6) is 0 Å². The molecule has 2 N–H and O–H groups in total. The number of rotatable bonds is 9. The number of hydrogen-bond acceptors (Lipinski definition) is 3. The van der Waals surface area contributed by atoms with Crippen molar-refractivity contribution in [1.29, 1.82) is 0 Å². The van der Waals surface area contributed by atoms with Gasteiger partial charge in [0, 0.05) is 23.9 Å². The first-order chi connectivity index (χ1) is 8.72. The Balaban J connectivity index is 1.95. The van der Waals surface area contributed by atoms with Crippen LogP contribution in [-0.2, 0) is 11.2 Å². The molecule has 3 nitrogen and oxygen atoms in total. The van der Waals surface area contributed by atoms with Gasteiger partial charge >= 0.3 is 0 Å².